The first-order valence-electron chi connectivity index (χ1n) is 22.4. The molecule has 14 nitrogen and oxygen atoms in total. The molecule has 0 N–H and O–H groups in total. The molecule has 8 rings (SSSR count). The monoisotopic (exact) mass is 940 g/mol. The van der Waals surface area contributed by atoms with E-state index < -0.39 is 38.2 Å². The van der Waals surface area contributed by atoms with Crippen molar-refractivity contribution in [2.24, 2.45) is 0 Å². The lowest BCUT2D eigenvalue weighted by Crippen LogP contribution is -2.54. The number of hydrogen-bond acceptors (Lipinski definition) is 12. The molecule has 0 aromatic heterocycles. The molecule has 0 spiro atoms. The largest absolute Gasteiger partial charge is 0.490 e. The zero-order valence-electron chi connectivity index (χ0n) is 38.3. The lowest BCUT2D eigenvalue weighted by molar-refractivity contribution is -0.0792. The highest BCUT2D eigenvalue weighted by atomic mass is 32.2. The Morgan fingerprint density at radius 2 is 1.35 bits per heavy atom. The van der Waals surface area contributed by atoms with Crippen molar-refractivity contribution in [3.05, 3.63) is 131 Å². The van der Waals surface area contributed by atoms with E-state index in [2.05, 4.69) is 15.9 Å². The Balaban J connectivity index is 1.10. The van der Waals surface area contributed by atoms with Gasteiger partial charge in [-0.15, -0.1) is 0 Å². The summed E-state index contributed by atoms with van der Waals surface area (Å²) in [5.74, 6) is 2.32. The number of sulfonamides is 2. The van der Waals surface area contributed by atoms with E-state index in [-0.39, 0.29) is 42.6 Å². The molecule has 3 aliphatic rings. The van der Waals surface area contributed by atoms with Crippen LogP contribution in [0.5, 0.6) is 23.0 Å². The van der Waals surface area contributed by atoms with Gasteiger partial charge < -0.3 is 38.2 Å². The third-order valence-electron chi connectivity index (χ3n) is 12.4. The molecule has 0 aliphatic carbocycles. The van der Waals surface area contributed by atoms with Gasteiger partial charge in [0.05, 0.1) is 59.7 Å². The van der Waals surface area contributed by atoms with Gasteiger partial charge in [0.1, 0.15) is 36.2 Å². The fourth-order valence-corrected chi connectivity index (χ4v) is 11.2. The standard InChI is InChI=1S/C50H60N4O10S2/c1-36-7-17-42(18-8-36)65(55,56)52(4)25-29-62-48-33-54(66(57,58)43-19-9-37(2)10-20-43)34-49(63-35-38-11-22-46-45(31-38)53(26-30-60-46)23-6-27-59-5)50(48)39-12-14-40(15-13-39)64-41-16-21-44-47(32-41)61-28-24-51(44)3/h7-22,31-32,48-50H,6,23-30,33-35H2,1-5H3. The number of ether oxygens (including phenoxy) is 6. The third-order valence-corrected chi connectivity index (χ3v) is 16.2. The van der Waals surface area contributed by atoms with Crippen LogP contribution in [0.25, 0.3) is 0 Å². The highest BCUT2D eigenvalue weighted by molar-refractivity contribution is 7.89. The van der Waals surface area contributed by atoms with Crippen molar-refractivity contribution in [3.63, 3.8) is 0 Å². The van der Waals surface area contributed by atoms with Gasteiger partial charge in [-0.3, -0.25) is 0 Å². The summed E-state index contributed by atoms with van der Waals surface area (Å²) in [6, 6.07) is 33.0. The smallest absolute Gasteiger partial charge is 0.243 e. The Labute approximate surface area is 389 Å². The summed E-state index contributed by atoms with van der Waals surface area (Å²) in [5.41, 5.74) is 5.61. The molecule has 0 bridgehead atoms. The van der Waals surface area contributed by atoms with Gasteiger partial charge in [0, 0.05) is 66.0 Å². The van der Waals surface area contributed by atoms with Gasteiger partial charge >= 0.3 is 0 Å². The second kappa shape index (κ2) is 20.8. The molecule has 0 amide bonds. The number of aryl methyl sites for hydroxylation is 2. The van der Waals surface area contributed by atoms with Crippen LogP contribution in [-0.2, 0) is 40.9 Å². The molecule has 5 aromatic rings. The van der Waals surface area contributed by atoms with E-state index in [1.54, 1.807) is 55.6 Å². The van der Waals surface area contributed by atoms with Crippen molar-refractivity contribution in [2.75, 3.05) is 96.7 Å². The number of piperidine rings is 1. The Morgan fingerprint density at radius 3 is 2.06 bits per heavy atom. The van der Waals surface area contributed by atoms with Crippen molar-refractivity contribution < 1.29 is 45.3 Å². The zero-order valence-corrected chi connectivity index (χ0v) is 39.9. The van der Waals surface area contributed by atoms with E-state index in [1.807, 2.05) is 75.5 Å². The highest BCUT2D eigenvalue weighted by Gasteiger charge is 2.44. The van der Waals surface area contributed by atoms with Gasteiger partial charge in [0.15, 0.2) is 0 Å². The van der Waals surface area contributed by atoms with Crippen LogP contribution in [0, 0.1) is 13.8 Å². The SMILES string of the molecule is COCCCN1CCOc2ccc(COC3CN(S(=O)(=O)c4ccc(C)cc4)CC(OCCN(C)S(=O)(=O)c4ccc(C)cc4)C3c3ccc(Oc4ccc5c(c4)OCCN5C)cc3)cc21. The van der Waals surface area contributed by atoms with Crippen LogP contribution in [0.2, 0.25) is 0 Å². The first kappa shape index (κ1) is 47.3. The summed E-state index contributed by atoms with van der Waals surface area (Å²) < 4.78 is 96.0. The summed E-state index contributed by atoms with van der Waals surface area (Å²) >= 11 is 0. The molecule has 0 radical (unpaired) electrons. The topological polar surface area (TPSA) is 137 Å². The summed E-state index contributed by atoms with van der Waals surface area (Å²) in [4.78, 5) is 4.78. The molecule has 3 aliphatic heterocycles. The number of nitrogens with zero attached hydrogens (tertiary/aromatic N) is 4. The lowest BCUT2D eigenvalue weighted by Gasteiger charge is -2.43. The summed E-state index contributed by atoms with van der Waals surface area (Å²) in [5, 5.41) is 0. The average molecular weight is 941 g/mol. The van der Waals surface area contributed by atoms with Crippen LogP contribution in [0.3, 0.4) is 0 Å². The Morgan fingerprint density at radius 1 is 0.697 bits per heavy atom. The molecular formula is C50H60N4O10S2. The molecule has 1 saturated heterocycles. The van der Waals surface area contributed by atoms with Crippen molar-refractivity contribution in [3.8, 4) is 23.0 Å². The molecule has 3 heterocycles. The van der Waals surface area contributed by atoms with E-state index in [9.17, 15) is 16.8 Å². The lowest BCUT2D eigenvalue weighted by atomic mass is 9.85. The number of fused-ring (bicyclic) bond motifs is 2. The zero-order chi connectivity index (χ0) is 46.4. The Kier molecular flexibility index (Phi) is 14.9. The number of anilines is 2. The summed E-state index contributed by atoms with van der Waals surface area (Å²) in [6.45, 7) is 8.25. The quantitative estimate of drug-likeness (QED) is 0.0820. The van der Waals surface area contributed by atoms with Crippen LogP contribution in [0.1, 0.15) is 34.6 Å². The molecule has 16 heteroatoms. The van der Waals surface area contributed by atoms with Crippen molar-refractivity contribution >= 4 is 31.4 Å². The van der Waals surface area contributed by atoms with Crippen LogP contribution < -0.4 is 24.0 Å². The fraction of sp³-hybridized carbons (Fsp3) is 0.400. The molecule has 1 fully saturated rings. The molecule has 3 atom stereocenters. The van der Waals surface area contributed by atoms with Gasteiger partial charge in [-0.05, 0) is 92.1 Å². The van der Waals surface area contributed by atoms with Gasteiger partial charge in [0.2, 0.25) is 20.0 Å². The van der Waals surface area contributed by atoms with Gasteiger partial charge in [-0.2, -0.15) is 8.61 Å². The van der Waals surface area contributed by atoms with Crippen LogP contribution >= 0.6 is 0 Å². The van der Waals surface area contributed by atoms with Crippen molar-refractivity contribution in [1.82, 2.24) is 8.61 Å². The summed E-state index contributed by atoms with van der Waals surface area (Å²) in [7, 11) is -2.59. The van der Waals surface area contributed by atoms with Gasteiger partial charge in [0.25, 0.3) is 0 Å². The molecule has 0 saturated carbocycles. The summed E-state index contributed by atoms with van der Waals surface area (Å²) in [6.07, 6.45) is -0.567. The van der Waals surface area contributed by atoms with Crippen molar-refractivity contribution in [2.45, 2.75) is 54.8 Å². The minimum atomic E-state index is -4.02. The number of hydrogen-bond donors (Lipinski definition) is 0. The minimum Gasteiger partial charge on any atom is -0.490 e. The second-order valence-corrected chi connectivity index (χ2v) is 21.1. The predicted octanol–water partition coefficient (Wildman–Crippen LogP) is 7.24. The third kappa shape index (κ3) is 10.8. The van der Waals surface area contributed by atoms with E-state index in [0.29, 0.717) is 31.3 Å². The number of benzene rings is 5. The average Bonchev–Trinajstić information content (AvgIpc) is 3.31. The Hall–Kier alpha value is -5.20. The molecular weight excluding hydrogens is 881 g/mol. The van der Waals surface area contributed by atoms with Crippen molar-refractivity contribution in [1.29, 1.82) is 0 Å². The van der Waals surface area contributed by atoms with E-state index in [4.69, 9.17) is 28.4 Å². The van der Waals surface area contributed by atoms with E-state index >= 15 is 0 Å². The minimum absolute atomic E-state index is 0.00358. The maximum Gasteiger partial charge on any atom is 0.243 e. The highest BCUT2D eigenvalue weighted by Crippen LogP contribution is 2.40. The second-order valence-electron chi connectivity index (χ2n) is 17.1. The normalized spacial score (nSPS) is 18.9. The molecule has 352 valence electrons. The van der Waals surface area contributed by atoms with E-state index in [0.717, 1.165) is 71.2 Å². The maximum atomic E-state index is 14.5. The van der Waals surface area contributed by atoms with Gasteiger partial charge in [-0.25, -0.2) is 16.8 Å². The van der Waals surface area contributed by atoms with Gasteiger partial charge in [-0.1, -0.05) is 53.6 Å². The van der Waals surface area contributed by atoms with Crippen LogP contribution in [0.4, 0.5) is 11.4 Å². The number of rotatable bonds is 18. The molecule has 3 unspecified atom stereocenters. The van der Waals surface area contributed by atoms with Crippen LogP contribution in [-0.4, -0.2) is 125 Å². The van der Waals surface area contributed by atoms with Crippen LogP contribution in [0.15, 0.2) is 119 Å². The first-order valence-corrected chi connectivity index (χ1v) is 25.3. The van der Waals surface area contributed by atoms with E-state index in [1.165, 1.54) is 15.7 Å². The number of methoxy groups -OCH3 is 1. The fourth-order valence-electron chi connectivity index (χ4n) is 8.62. The molecule has 5 aromatic carbocycles. The predicted molar refractivity (Wildman–Crippen MR) is 254 cm³/mol. The maximum absolute atomic E-state index is 14.5. The Bertz CT molecular complexity index is 2650. The number of likely N-dealkylation sites (N-methyl/N-ethyl adjacent to an activating group) is 2. The molecule has 66 heavy (non-hydrogen) atoms. The first-order chi connectivity index (χ1) is 31.8.